The van der Waals surface area contributed by atoms with E-state index in [2.05, 4.69) is 4.98 Å². The van der Waals surface area contributed by atoms with E-state index in [0.717, 1.165) is 16.6 Å². The lowest BCUT2D eigenvalue weighted by Gasteiger charge is -2.02. The van der Waals surface area contributed by atoms with Gasteiger partial charge in [0.2, 0.25) is 6.54 Å². The van der Waals surface area contributed by atoms with Crippen LogP contribution in [-0.2, 0) is 0 Å². The van der Waals surface area contributed by atoms with Crippen molar-refractivity contribution in [2.75, 3.05) is 6.54 Å². The third-order valence-corrected chi connectivity index (χ3v) is 2.50. The van der Waals surface area contributed by atoms with E-state index in [1.807, 2.05) is 37.3 Å². The molecule has 15 heavy (non-hydrogen) atoms. The topological polar surface area (TPSA) is 58.9 Å². The predicted octanol–water partition coefficient (Wildman–Crippen LogP) is 2.55. The van der Waals surface area contributed by atoms with Crippen LogP contribution in [0.1, 0.15) is 18.5 Å². The highest BCUT2D eigenvalue weighted by molar-refractivity contribution is 5.80. The van der Waals surface area contributed by atoms with Crippen LogP contribution in [-0.4, -0.2) is 16.5 Å². The van der Waals surface area contributed by atoms with E-state index in [0.29, 0.717) is 0 Å². The number of benzene rings is 1. The molecule has 0 aliphatic rings. The Morgan fingerprint density at radius 1 is 1.47 bits per heavy atom. The van der Waals surface area contributed by atoms with Gasteiger partial charge in [0.1, 0.15) is 0 Å². The number of nitro groups is 1. The van der Waals surface area contributed by atoms with Crippen molar-refractivity contribution < 1.29 is 4.92 Å². The van der Waals surface area contributed by atoms with E-state index < -0.39 is 0 Å². The zero-order valence-corrected chi connectivity index (χ0v) is 8.43. The molecular weight excluding hydrogens is 192 g/mol. The molecule has 0 saturated carbocycles. The van der Waals surface area contributed by atoms with Crippen molar-refractivity contribution in [1.29, 1.82) is 0 Å². The van der Waals surface area contributed by atoms with E-state index >= 15 is 0 Å². The van der Waals surface area contributed by atoms with Gasteiger partial charge in [-0.2, -0.15) is 0 Å². The van der Waals surface area contributed by atoms with Crippen molar-refractivity contribution in [3.8, 4) is 0 Å². The highest BCUT2D eigenvalue weighted by Crippen LogP contribution is 2.20. The zero-order valence-electron chi connectivity index (χ0n) is 8.43. The van der Waals surface area contributed by atoms with Crippen LogP contribution in [0.2, 0.25) is 0 Å². The van der Waals surface area contributed by atoms with Crippen LogP contribution in [0.4, 0.5) is 0 Å². The summed E-state index contributed by atoms with van der Waals surface area (Å²) in [5.41, 5.74) is 1.95. The maximum Gasteiger partial charge on any atom is 0.211 e. The van der Waals surface area contributed by atoms with Gasteiger partial charge < -0.3 is 4.98 Å². The van der Waals surface area contributed by atoms with Gasteiger partial charge in [-0.3, -0.25) is 10.1 Å². The molecule has 0 fully saturated rings. The number of aromatic amines is 1. The number of hydrogen-bond donors (Lipinski definition) is 1. The largest absolute Gasteiger partial charge is 0.358 e. The monoisotopic (exact) mass is 204 g/mol. The number of H-pyrrole nitrogens is 1. The summed E-state index contributed by atoms with van der Waals surface area (Å²) in [5.74, 6) is -0.0765. The van der Waals surface area contributed by atoms with Crippen molar-refractivity contribution in [2.45, 2.75) is 12.8 Å². The Morgan fingerprint density at radius 2 is 2.20 bits per heavy atom. The summed E-state index contributed by atoms with van der Waals surface area (Å²) < 4.78 is 0. The molecular formula is C11H12N2O2. The lowest BCUT2D eigenvalue weighted by molar-refractivity contribution is -0.482. The van der Waals surface area contributed by atoms with E-state index in [1.165, 1.54) is 0 Å². The third-order valence-electron chi connectivity index (χ3n) is 2.50. The number of nitrogens with zero attached hydrogens (tertiary/aromatic N) is 1. The molecule has 0 saturated heterocycles. The Balaban J connectivity index is 2.32. The van der Waals surface area contributed by atoms with Crippen molar-refractivity contribution in [1.82, 2.24) is 4.98 Å². The Hall–Kier alpha value is -1.84. The van der Waals surface area contributed by atoms with Crippen molar-refractivity contribution in [2.24, 2.45) is 0 Å². The zero-order chi connectivity index (χ0) is 10.8. The first-order valence-electron chi connectivity index (χ1n) is 4.86. The first-order chi connectivity index (χ1) is 7.16. The molecule has 4 nitrogen and oxygen atoms in total. The molecule has 78 valence electrons. The van der Waals surface area contributed by atoms with E-state index in [4.69, 9.17) is 0 Å². The van der Waals surface area contributed by atoms with Crippen molar-refractivity contribution in [3.63, 3.8) is 0 Å². The molecule has 2 rings (SSSR count). The summed E-state index contributed by atoms with van der Waals surface area (Å²) in [5, 5.41) is 11.5. The molecule has 1 aromatic heterocycles. The van der Waals surface area contributed by atoms with E-state index in [9.17, 15) is 10.1 Å². The van der Waals surface area contributed by atoms with Crippen LogP contribution in [0.3, 0.4) is 0 Å². The molecule has 4 heteroatoms. The SMILES string of the molecule is C[C@@H](C[N+](=O)[O-])c1cc2ccccc2[nH]1. The molecule has 0 aliphatic carbocycles. The fourth-order valence-corrected chi connectivity index (χ4v) is 1.68. The average Bonchev–Trinajstić information content (AvgIpc) is 2.59. The first-order valence-corrected chi connectivity index (χ1v) is 4.86. The summed E-state index contributed by atoms with van der Waals surface area (Å²) in [6.45, 7) is 1.82. The Morgan fingerprint density at radius 3 is 2.87 bits per heavy atom. The van der Waals surface area contributed by atoms with Crippen LogP contribution < -0.4 is 0 Å². The van der Waals surface area contributed by atoms with Gasteiger partial charge in [0.15, 0.2) is 0 Å². The van der Waals surface area contributed by atoms with Crippen LogP contribution >= 0.6 is 0 Å². The molecule has 1 atom stereocenters. The quantitative estimate of drug-likeness (QED) is 0.617. The summed E-state index contributed by atoms with van der Waals surface area (Å²) in [6.07, 6.45) is 0. The molecule has 0 aliphatic heterocycles. The van der Waals surface area contributed by atoms with Gasteiger partial charge in [-0.05, 0) is 17.5 Å². The van der Waals surface area contributed by atoms with E-state index in [1.54, 1.807) is 0 Å². The van der Waals surface area contributed by atoms with Crippen LogP contribution in [0.25, 0.3) is 10.9 Å². The molecule has 1 N–H and O–H groups in total. The molecule has 0 radical (unpaired) electrons. The molecule has 0 amide bonds. The average molecular weight is 204 g/mol. The van der Waals surface area contributed by atoms with Crippen LogP contribution in [0.15, 0.2) is 30.3 Å². The maximum atomic E-state index is 10.4. The summed E-state index contributed by atoms with van der Waals surface area (Å²) >= 11 is 0. The van der Waals surface area contributed by atoms with Gasteiger partial charge in [-0.15, -0.1) is 0 Å². The maximum absolute atomic E-state index is 10.4. The second-order valence-electron chi connectivity index (χ2n) is 3.73. The smallest absolute Gasteiger partial charge is 0.211 e. The van der Waals surface area contributed by atoms with Crippen molar-refractivity contribution >= 4 is 10.9 Å². The van der Waals surface area contributed by atoms with Crippen LogP contribution in [0.5, 0.6) is 0 Å². The predicted molar refractivity (Wildman–Crippen MR) is 58.6 cm³/mol. The molecule has 0 unspecified atom stereocenters. The second-order valence-corrected chi connectivity index (χ2v) is 3.73. The van der Waals surface area contributed by atoms with Crippen molar-refractivity contribution in [3.05, 3.63) is 46.1 Å². The molecule has 0 bridgehead atoms. The minimum absolute atomic E-state index is 0.0349. The standard InChI is InChI=1S/C11H12N2O2/c1-8(7-13(14)15)11-6-9-4-2-3-5-10(9)12-11/h2-6,8,12H,7H2,1H3/t8-/m0/s1. The van der Waals surface area contributed by atoms with E-state index in [-0.39, 0.29) is 17.4 Å². The molecule has 0 spiro atoms. The summed E-state index contributed by atoms with van der Waals surface area (Å²) in [7, 11) is 0. The number of hydrogen-bond acceptors (Lipinski definition) is 2. The number of para-hydroxylation sites is 1. The fourth-order valence-electron chi connectivity index (χ4n) is 1.68. The molecule has 2 aromatic rings. The Kier molecular flexibility index (Phi) is 2.41. The van der Waals surface area contributed by atoms with Gasteiger partial charge in [-0.1, -0.05) is 25.1 Å². The lowest BCUT2D eigenvalue weighted by Crippen LogP contribution is -2.09. The normalized spacial score (nSPS) is 12.9. The number of rotatable bonds is 3. The van der Waals surface area contributed by atoms with Gasteiger partial charge in [0.25, 0.3) is 0 Å². The van der Waals surface area contributed by atoms with Gasteiger partial charge >= 0.3 is 0 Å². The Bertz CT molecular complexity index is 457. The number of fused-ring (bicyclic) bond motifs is 1. The minimum atomic E-state index is -0.282. The fraction of sp³-hybridized carbons (Fsp3) is 0.273. The summed E-state index contributed by atoms with van der Waals surface area (Å²) in [4.78, 5) is 13.3. The lowest BCUT2D eigenvalue weighted by atomic mass is 10.1. The van der Waals surface area contributed by atoms with Gasteiger partial charge in [0.05, 0.1) is 5.92 Å². The summed E-state index contributed by atoms with van der Waals surface area (Å²) in [6, 6.07) is 9.84. The molecule has 1 aromatic carbocycles. The van der Waals surface area contributed by atoms with Gasteiger partial charge in [-0.25, -0.2) is 0 Å². The van der Waals surface area contributed by atoms with Crippen LogP contribution in [0, 0.1) is 10.1 Å². The van der Waals surface area contributed by atoms with Gasteiger partial charge in [0, 0.05) is 16.1 Å². The first kappa shape index (κ1) is 9.71. The highest BCUT2D eigenvalue weighted by atomic mass is 16.6. The number of aromatic nitrogens is 1. The minimum Gasteiger partial charge on any atom is -0.358 e. The number of nitrogens with one attached hydrogen (secondary N) is 1. The second kappa shape index (κ2) is 3.73. The molecule has 1 heterocycles. The third kappa shape index (κ3) is 1.98. The highest BCUT2D eigenvalue weighted by Gasteiger charge is 2.13. The Labute approximate surface area is 87.1 Å².